The Labute approximate surface area is 217 Å². The van der Waals surface area contributed by atoms with Crippen molar-refractivity contribution in [3.05, 3.63) is 129 Å². The summed E-state index contributed by atoms with van der Waals surface area (Å²) in [6.45, 7) is 0. The van der Waals surface area contributed by atoms with Crippen molar-refractivity contribution in [2.45, 2.75) is 18.9 Å². The maximum Gasteiger partial charge on any atom is 0.271 e. The molecule has 0 spiro atoms. The highest BCUT2D eigenvalue weighted by Crippen LogP contribution is 2.41. The number of rotatable bonds is 3. The van der Waals surface area contributed by atoms with E-state index in [2.05, 4.69) is 22.0 Å². The van der Waals surface area contributed by atoms with Gasteiger partial charge >= 0.3 is 0 Å². The highest BCUT2D eigenvalue weighted by molar-refractivity contribution is 9.10. The summed E-state index contributed by atoms with van der Waals surface area (Å²) in [5.74, 6) is 0.0625. The zero-order chi connectivity index (χ0) is 25.0. The maximum absolute atomic E-state index is 13.8. The number of allylic oxidation sites excluding steroid dienone is 1. The third-order valence-corrected chi connectivity index (χ3v) is 8.02. The summed E-state index contributed by atoms with van der Waals surface area (Å²) in [7, 11) is 0. The second-order valence-electron chi connectivity index (χ2n) is 8.67. The second-order valence-corrected chi connectivity index (χ2v) is 10.6. The number of nitro benzene ring substituents is 1. The van der Waals surface area contributed by atoms with E-state index in [4.69, 9.17) is 4.99 Å². The smallest absolute Gasteiger partial charge is 0.271 e. The molecule has 1 aromatic heterocycles. The standard InChI is InChI=1S/C27H18BrN3O4S/c28-18-9-11-22(32)17(12-18)14-23-26(33)30-25(16-5-3-6-19(13-16)31(34)35)21-10-8-15-4-1-2-7-20(15)24(21)29-27(30)36-23/h1-7,9,11-14,25,32H,8,10H2/b23-14-. The Bertz CT molecular complexity index is 1790. The molecule has 6 rings (SSSR count). The lowest BCUT2D eigenvalue weighted by Gasteiger charge is -2.30. The first kappa shape index (κ1) is 22.6. The van der Waals surface area contributed by atoms with Crippen LogP contribution in [0.2, 0.25) is 0 Å². The van der Waals surface area contributed by atoms with Crippen molar-refractivity contribution in [1.82, 2.24) is 4.57 Å². The molecule has 0 saturated heterocycles. The molecule has 0 saturated carbocycles. The van der Waals surface area contributed by atoms with Crippen LogP contribution in [-0.4, -0.2) is 14.6 Å². The van der Waals surface area contributed by atoms with Crippen LogP contribution in [0, 0.1) is 10.1 Å². The monoisotopic (exact) mass is 559 g/mol. The summed E-state index contributed by atoms with van der Waals surface area (Å²) in [6, 6.07) is 19.1. The average molecular weight is 560 g/mol. The number of phenols is 1. The van der Waals surface area contributed by atoms with Gasteiger partial charge in [-0.25, -0.2) is 4.99 Å². The minimum absolute atomic E-state index is 0.0240. The summed E-state index contributed by atoms with van der Waals surface area (Å²) in [5.41, 5.74) is 4.92. The molecule has 0 fully saturated rings. The number of hydrogen-bond acceptors (Lipinski definition) is 6. The Morgan fingerprint density at radius 3 is 2.78 bits per heavy atom. The molecule has 7 nitrogen and oxygen atoms in total. The van der Waals surface area contributed by atoms with Gasteiger partial charge in [-0.15, -0.1) is 0 Å². The highest BCUT2D eigenvalue weighted by Gasteiger charge is 2.33. The SMILES string of the molecule is O=c1/c(=C/c2cc(Br)ccc2O)sc2n1C(c1cccc([N+](=O)[O-])c1)C1=C(N=2)c2ccccc2CC1. The molecular weight excluding hydrogens is 542 g/mol. The number of fused-ring (bicyclic) bond motifs is 3. The van der Waals surface area contributed by atoms with E-state index in [-0.39, 0.29) is 17.0 Å². The largest absolute Gasteiger partial charge is 0.507 e. The van der Waals surface area contributed by atoms with Crippen LogP contribution in [0.4, 0.5) is 5.69 Å². The average Bonchev–Trinajstić information content (AvgIpc) is 3.19. The van der Waals surface area contributed by atoms with Crippen LogP contribution >= 0.6 is 27.3 Å². The van der Waals surface area contributed by atoms with Crippen LogP contribution in [0.3, 0.4) is 0 Å². The van der Waals surface area contributed by atoms with Crippen LogP contribution in [0.25, 0.3) is 11.8 Å². The lowest BCUT2D eigenvalue weighted by molar-refractivity contribution is -0.384. The van der Waals surface area contributed by atoms with Crippen LogP contribution < -0.4 is 14.9 Å². The Morgan fingerprint density at radius 1 is 1.11 bits per heavy atom. The van der Waals surface area contributed by atoms with E-state index in [1.54, 1.807) is 41.0 Å². The number of non-ortho nitro benzene ring substituents is 1. The fourth-order valence-electron chi connectivity index (χ4n) is 4.91. The lowest BCUT2D eigenvalue weighted by atomic mass is 9.83. The van der Waals surface area contributed by atoms with E-state index >= 15 is 0 Å². The zero-order valence-corrected chi connectivity index (χ0v) is 21.1. The minimum Gasteiger partial charge on any atom is -0.507 e. The van der Waals surface area contributed by atoms with Crippen molar-refractivity contribution in [1.29, 1.82) is 0 Å². The number of nitrogens with zero attached hydrogens (tertiary/aromatic N) is 3. The summed E-state index contributed by atoms with van der Waals surface area (Å²) in [6.07, 6.45) is 3.15. The number of thiazole rings is 1. The normalized spacial score (nSPS) is 16.7. The molecule has 1 unspecified atom stereocenters. The third-order valence-electron chi connectivity index (χ3n) is 6.55. The van der Waals surface area contributed by atoms with Gasteiger partial charge in [0, 0.05) is 27.7 Å². The summed E-state index contributed by atoms with van der Waals surface area (Å²) in [4.78, 5) is 30.3. The molecule has 0 amide bonds. The van der Waals surface area contributed by atoms with Crippen molar-refractivity contribution in [3.63, 3.8) is 0 Å². The molecule has 2 aliphatic rings. The van der Waals surface area contributed by atoms with Crippen molar-refractivity contribution in [3.8, 4) is 5.75 Å². The highest BCUT2D eigenvalue weighted by atomic mass is 79.9. The Morgan fingerprint density at radius 2 is 1.94 bits per heavy atom. The van der Waals surface area contributed by atoms with Crippen LogP contribution in [0.5, 0.6) is 5.75 Å². The molecule has 1 aliphatic carbocycles. The molecule has 1 N–H and O–H groups in total. The quantitative estimate of drug-likeness (QED) is 0.290. The Balaban J connectivity index is 1.64. The third kappa shape index (κ3) is 3.71. The number of phenolic OH excluding ortho intramolecular Hbond substituents is 1. The van der Waals surface area contributed by atoms with Gasteiger partial charge in [0.05, 0.1) is 21.2 Å². The number of aromatic hydroxyl groups is 1. The number of hydrogen-bond donors (Lipinski definition) is 1. The van der Waals surface area contributed by atoms with Crippen LogP contribution in [-0.2, 0) is 6.42 Å². The molecule has 2 heterocycles. The van der Waals surface area contributed by atoms with Gasteiger partial charge in [-0.2, -0.15) is 0 Å². The van der Waals surface area contributed by atoms with E-state index in [1.165, 1.54) is 23.0 Å². The van der Waals surface area contributed by atoms with Crippen molar-refractivity contribution < 1.29 is 10.0 Å². The van der Waals surface area contributed by atoms with E-state index < -0.39 is 11.0 Å². The first-order valence-corrected chi connectivity index (χ1v) is 12.9. The number of halogens is 1. The predicted octanol–water partition coefficient (Wildman–Crippen LogP) is 4.70. The van der Waals surface area contributed by atoms with Gasteiger partial charge in [-0.1, -0.05) is 63.7 Å². The van der Waals surface area contributed by atoms with Crippen molar-refractivity contribution in [2.24, 2.45) is 4.99 Å². The van der Waals surface area contributed by atoms with Gasteiger partial charge in [0.25, 0.3) is 11.2 Å². The lowest BCUT2D eigenvalue weighted by Crippen LogP contribution is -2.38. The Kier molecular flexibility index (Phi) is 5.46. The zero-order valence-electron chi connectivity index (χ0n) is 18.7. The van der Waals surface area contributed by atoms with Crippen LogP contribution in [0.15, 0.2) is 86.6 Å². The molecular formula is C27H18BrN3O4S. The first-order valence-electron chi connectivity index (χ1n) is 11.3. The molecule has 178 valence electrons. The van der Waals surface area contributed by atoms with E-state index in [1.807, 2.05) is 24.3 Å². The fraction of sp³-hybridized carbons (Fsp3) is 0.111. The molecule has 3 aromatic carbocycles. The molecule has 0 radical (unpaired) electrons. The Hall–Kier alpha value is -3.82. The molecule has 1 atom stereocenters. The minimum atomic E-state index is -0.511. The number of aromatic nitrogens is 1. The fourth-order valence-corrected chi connectivity index (χ4v) is 6.28. The maximum atomic E-state index is 13.8. The second kappa shape index (κ2) is 8.69. The van der Waals surface area contributed by atoms with Gasteiger partial charge in [-0.3, -0.25) is 19.5 Å². The first-order chi connectivity index (χ1) is 17.4. The van der Waals surface area contributed by atoms with Gasteiger partial charge in [0.2, 0.25) is 0 Å². The molecule has 1 aliphatic heterocycles. The molecule has 0 bridgehead atoms. The van der Waals surface area contributed by atoms with E-state index in [0.717, 1.165) is 27.7 Å². The summed E-state index contributed by atoms with van der Waals surface area (Å²) in [5, 5.41) is 21.9. The van der Waals surface area contributed by atoms with E-state index in [0.29, 0.717) is 26.9 Å². The summed E-state index contributed by atoms with van der Waals surface area (Å²) < 4.78 is 2.84. The van der Waals surface area contributed by atoms with Gasteiger partial charge in [-0.05, 0) is 53.8 Å². The number of benzene rings is 3. The van der Waals surface area contributed by atoms with Crippen molar-refractivity contribution >= 4 is 44.7 Å². The predicted molar refractivity (Wildman–Crippen MR) is 142 cm³/mol. The topological polar surface area (TPSA) is 97.7 Å². The van der Waals surface area contributed by atoms with Gasteiger partial charge in [0.15, 0.2) is 4.80 Å². The van der Waals surface area contributed by atoms with Crippen molar-refractivity contribution in [2.75, 3.05) is 0 Å². The molecule has 36 heavy (non-hydrogen) atoms. The van der Waals surface area contributed by atoms with Gasteiger partial charge < -0.3 is 5.11 Å². The summed E-state index contributed by atoms with van der Waals surface area (Å²) >= 11 is 4.65. The number of aryl methyl sites for hydroxylation is 1. The van der Waals surface area contributed by atoms with Crippen LogP contribution in [0.1, 0.15) is 34.7 Å². The molecule has 9 heteroatoms. The van der Waals surface area contributed by atoms with Gasteiger partial charge in [0.1, 0.15) is 5.75 Å². The van der Waals surface area contributed by atoms with E-state index in [9.17, 15) is 20.0 Å². The number of nitro groups is 1. The molecule has 4 aromatic rings.